The van der Waals surface area contributed by atoms with Crippen LogP contribution < -0.4 is 0 Å². The highest BCUT2D eigenvalue weighted by molar-refractivity contribution is 5.80. The summed E-state index contributed by atoms with van der Waals surface area (Å²) in [4.78, 5) is 21.9. The predicted molar refractivity (Wildman–Crippen MR) is 41.6 cm³/mol. The first-order valence-corrected chi connectivity index (χ1v) is 3.28. The Bertz CT molecular complexity index is 202. The van der Waals surface area contributed by atoms with Gasteiger partial charge >= 0.3 is 11.9 Å². The Labute approximate surface area is 69.9 Å². The van der Waals surface area contributed by atoms with Gasteiger partial charge in [-0.2, -0.15) is 0 Å². The molecule has 0 aromatic carbocycles. The van der Waals surface area contributed by atoms with E-state index in [4.69, 9.17) is 10.2 Å². The summed E-state index contributed by atoms with van der Waals surface area (Å²) in [5.74, 6) is -2.31. The topological polar surface area (TPSA) is 77.8 Å². The number of likely N-dealkylation sites (N-methyl/N-ethyl adjacent to an activating group) is 1. The van der Waals surface area contributed by atoms with Gasteiger partial charge in [0.05, 0.1) is 6.42 Å². The van der Waals surface area contributed by atoms with E-state index in [1.165, 1.54) is 18.1 Å². The van der Waals surface area contributed by atoms with Gasteiger partial charge in [0, 0.05) is 7.05 Å². The number of carboxylic acids is 2. The van der Waals surface area contributed by atoms with Gasteiger partial charge < -0.3 is 15.1 Å². The van der Waals surface area contributed by atoms with Crippen molar-refractivity contribution in [1.29, 1.82) is 0 Å². The Balaban J connectivity index is 4.32. The lowest BCUT2D eigenvalue weighted by Gasteiger charge is -2.20. The molecule has 0 aliphatic rings. The molecule has 0 fully saturated rings. The fourth-order valence-corrected chi connectivity index (χ4v) is 0.698. The molecule has 0 saturated carbocycles. The minimum Gasteiger partial charge on any atom is -0.481 e. The maximum atomic E-state index is 10.5. The molecule has 0 heterocycles. The first-order valence-electron chi connectivity index (χ1n) is 3.28. The number of nitrogens with zero attached hydrogens (tertiary/aromatic N) is 1. The Hall–Kier alpha value is -1.52. The van der Waals surface area contributed by atoms with E-state index in [9.17, 15) is 9.59 Å². The molecule has 0 spiro atoms. The number of aliphatic carboxylic acids is 2. The summed E-state index contributed by atoms with van der Waals surface area (Å²) in [7, 11) is 1.47. The number of carbonyl (C=O) groups is 2. The highest BCUT2D eigenvalue weighted by atomic mass is 16.4. The van der Waals surface area contributed by atoms with E-state index in [1.807, 2.05) is 0 Å². The second-order valence-electron chi connectivity index (χ2n) is 2.30. The summed E-state index contributed by atoms with van der Waals surface area (Å²) in [5, 5.41) is 16.9. The largest absolute Gasteiger partial charge is 0.481 e. The van der Waals surface area contributed by atoms with Crippen LogP contribution in [0.1, 0.15) is 6.42 Å². The lowest BCUT2D eigenvalue weighted by Crippen LogP contribution is -2.36. The van der Waals surface area contributed by atoms with Gasteiger partial charge in [0.15, 0.2) is 0 Å². The molecule has 0 rings (SSSR count). The van der Waals surface area contributed by atoms with Crippen LogP contribution in [0.2, 0.25) is 0 Å². The third-order valence-electron chi connectivity index (χ3n) is 1.43. The summed E-state index contributed by atoms with van der Waals surface area (Å²) in [6.07, 6.45) is 0.847. The van der Waals surface area contributed by atoms with E-state index in [1.54, 1.807) is 0 Å². The van der Waals surface area contributed by atoms with E-state index in [-0.39, 0.29) is 0 Å². The Morgan fingerprint density at radius 3 is 2.33 bits per heavy atom. The molecule has 0 aliphatic heterocycles. The van der Waals surface area contributed by atoms with Gasteiger partial charge in [-0.3, -0.25) is 4.79 Å². The average molecular weight is 173 g/mol. The third kappa shape index (κ3) is 3.05. The second kappa shape index (κ2) is 4.38. The van der Waals surface area contributed by atoms with Crippen LogP contribution in [0.3, 0.4) is 0 Å². The van der Waals surface area contributed by atoms with Gasteiger partial charge in [0.2, 0.25) is 0 Å². The fraction of sp³-hybridized carbons (Fsp3) is 0.429. The zero-order valence-corrected chi connectivity index (χ0v) is 6.73. The number of rotatable bonds is 5. The van der Waals surface area contributed by atoms with Gasteiger partial charge in [-0.25, -0.2) is 4.79 Å². The molecule has 0 aromatic heterocycles. The van der Waals surface area contributed by atoms with E-state index in [2.05, 4.69) is 6.58 Å². The van der Waals surface area contributed by atoms with Crippen LogP contribution in [0.15, 0.2) is 12.8 Å². The minimum absolute atomic E-state index is 0.433. The van der Waals surface area contributed by atoms with Gasteiger partial charge in [-0.05, 0) is 6.20 Å². The molecule has 0 unspecified atom stereocenters. The van der Waals surface area contributed by atoms with E-state index < -0.39 is 24.4 Å². The van der Waals surface area contributed by atoms with Crippen molar-refractivity contribution in [1.82, 2.24) is 4.90 Å². The van der Waals surface area contributed by atoms with Crippen molar-refractivity contribution in [2.75, 3.05) is 7.05 Å². The Kier molecular flexibility index (Phi) is 3.82. The van der Waals surface area contributed by atoms with Crippen LogP contribution in [0.25, 0.3) is 0 Å². The molecule has 12 heavy (non-hydrogen) atoms. The van der Waals surface area contributed by atoms with Crippen molar-refractivity contribution in [2.24, 2.45) is 0 Å². The molecule has 0 aliphatic carbocycles. The molecule has 68 valence electrons. The van der Waals surface area contributed by atoms with Crippen molar-refractivity contribution in [2.45, 2.75) is 12.5 Å². The van der Waals surface area contributed by atoms with E-state index in [0.29, 0.717) is 0 Å². The Morgan fingerprint density at radius 2 is 2.08 bits per heavy atom. The molecule has 0 radical (unpaired) electrons. The average Bonchev–Trinajstić information content (AvgIpc) is 1.98. The second-order valence-corrected chi connectivity index (χ2v) is 2.30. The van der Waals surface area contributed by atoms with Crippen LogP contribution in [-0.4, -0.2) is 40.1 Å². The zero-order valence-electron chi connectivity index (χ0n) is 6.73. The lowest BCUT2D eigenvalue weighted by atomic mass is 10.2. The van der Waals surface area contributed by atoms with Crippen LogP contribution >= 0.6 is 0 Å². The normalized spacial score (nSPS) is 11.8. The predicted octanol–water partition coefficient (Wildman–Crippen LogP) is -0.0104. The molecule has 5 nitrogen and oxygen atoms in total. The summed E-state index contributed by atoms with van der Waals surface area (Å²) in [6.45, 7) is 3.34. The van der Waals surface area contributed by atoms with Gasteiger partial charge in [-0.15, -0.1) is 0 Å². The van der Waals surface area contributed by atoms with Gasteiger partial charge in [-0.1, -0.05) is 6.58 Å². The monoisotopic (exact) mass is 173 g/mol. The van der Waals surface area contributed by atoms with Crippen LogP contribution in [-0.2, 0) is 9.59 Å². The zero-order chi connectivity index (χ0) is 9.72. The SMILES string of the molecule is C=CN(C)[C@H](CC(=O)O)C(=O)O. The summed E-state index contributed by atoms with van der Waals surface area (Å²) >= 11 is 0. The standard InChI is InChI=1S/C7H11NO4/c1-3-8(2)5(7(11)12)4-6(9)10/h3,5H,1,4H2,2H3,(H,9,10)(H,11,12)/t5-/m1/s1. The third-order valence-corrected chi connectivity index (χ3v) is 1.43. The molecule has 0 aromatic rings. The highest BCUT2D eigenvalue weighted by Gasteiger charge is 2.23. The minimum atomic E-state index is -1.17. The summed E-state index contributed by atoms with van der Waals surface area (Å²) in [5.41, 5.74) is 0. The van der Waals surface area contributed by atoms with Crippen molar-refractivity contribution >= 4 is 11.9 Å². The van der Waals surface area contributed by atoms with Crippen LogP contribution in [0, 0.1) is 0 Å². The molecule has 0 saturated heterocycles. The molecule has 5 heteroatoms. The number of hydrogen-bond acceptors (Lipinski definition) is 3. The van der Waals surface area contributed by atoms with Crippen molar-refractivity contribution in [3.8, 4) is 0 Å². The molecular weight excluding hydrogens is 162 g/mol. The fourth-order valence-electron chi connectivity index (χ4n) is 0.698. The maximum absolute atomic E-state index is 10.5. The van der Waals surface area contributed by atoms with Crippen molar-refractivity contribution in [3.63, 3.8) is 0 Å². The van der Waals surface area contributed by atoms with E-state index in [0.717, 1.165) is 0 Å². The summed E-state index contributed by atoms with van der Waals surface area (Å²) < 4.78 is 0. The quantitative estimate of drug-likeness (QED) is 0.611. The maximum Gasteiger partial charge on any atom is 0.326 e. The first-order chi connectivity index (χ1) is 5.49. The van der Waals surface area contributed by atoms with Gasteiger partial charge in [0.1, 0.15) is 6.04 Å². The first kappa shape index (κ1) is 10.5. The van der Waals surface area contributed by atoms with Crippen LogP contribution in [0.4, 0.5) is 0 Å². The highest BCUT2D eigenvalue weighted by Crippen LogP contribution is 2.02. The van der Waals surface area contributed by atoms with Crippen molar-refractivity contribution < 1.29 is 19.8 Å². The Morgan fingerprint density at radius 1 is 1.58 bits per heavy atom. The molecule has 0 bridgehead atoms. The van der Waals surface area contributed by atoms with Crippen LogP contribution in [0.5, 0.6) is 0 Å². The lowest BCUT2D eigenvalue weighted by molar-refractivity contribution is -0.148. The number of carboxylic acid groups (broad SMARTS) is 2. The summed E-state index contributed by atoms with van der Waals surface area (Å²) in [6, 6.07) is -1.04. The number of hydrogen-bond donors (Lipinski definition) is 2. The van der Waals surface area contributed by atoms with Gasteiger partial charge in [0.25, 0.3) is 0 Å². The molecule has 2 N–H and O–H groups in total. The molecule has 1 atom stereocenters. The molecular formula is C7H11NO4. The molecule has 0 amide bonds. The van der Waals surface area contributed by atoms with Crippen molar-refractivity contribution in [3.05, 3.63) is 12.8 Å². The smallest absolute Gasteiger partial charge is 0.326 e. The van der Waals surface area contributed by atoms with E-state index >= 15 is 0 Å².